The average Bonchev–Trinajstić information content (AvgIpc) is 3.45. The van der Waals surface area contributed by atoms with Gasteiger partial charge in [-0.2, -0.15) is 0 Å². The zero-order valence-electron chi connectivity index (χ0n) is 14.4. The molecule has 2 aromatic rings. The Morgan fingerprint density at radius 3 is 2.33 bits per heavy atom. The van der Waals surface area contributed by atoms with Crippen LogP contribution < -0.4 is 5.48 Å². The molecule has 0 spiro atoms. The molecule has 1 fully saturated rings. The lowest BCUT2D eigenvalue weighted by atomic mass is 9.98. The highest BCUT2D eigenvalue weighted by atomic mass is 16.5. The second kappa shape index (κ2) is 8.16. The fourth-order valence-electron chi connectivity index (χ4n) is 3.22. The maximum absolute atomic E-state index is 9.09. The van der Waals surface area contributed by atoms with Gasteiger partial charge in [0.15, 0.2) is 0 Å². The Labute approximate surface area is 144 Å². The van der Waals surface area contributed by atoms with Gasteiger partial charge in [-0.25, -0.2) is 0 Å². The molecule has 1 saturated carbocycles. The first-order chi connectivity index (χ1) is 11.8. The summed E-state index contributed by atoms with van der Waals surface area (Å²) in [5.74, 6) is 0. The molecule has 2 nitrogen and oxygen atoms in total. The van der Waals surface area contributed by atoms with E-state index in [1.165, 1.54) is 46.7 Å². The van der Waals surface area contributed by atoms with Gasteiger partial charge in [-0.15, -0.1) is 0 Å². The van der Waals surface area contributed by atoms with Crippen LogP contribution in [0.3, 0.4) is 0 Å². The van der Waals surface area contributed by atoms with Crippen molar-refractivity contribution in [1.29, 1.82) is 0 Å². The minimum Gasteiger partial charge on any atom is -0.291 e. The second-order valence-corrected chi connectivity index (χ2v) is 6.77. The van der Waals surface area contributed by atoms with Crippen LogP contribution in [0.15, 0.2) is 60.3 Å². The summed E-state index contributed by atoms with van der Waals surface area (Å²) in [6.45, 7) is 4.27. The topological polar surface area (TPSA) is 32.3 Å². The predicted octanol–water partition coefficient (Wildman–Crippen LogP) is 6.22. The van der Waals surface area contributed by atoms with E-state index >= 15 is 0 Å². The summed E-state index contributed by atoms with van der Waals surface area (Å²) in [7, 11) is 0. The van der Waals surface area contributed by atoms with Gasteiger partial charge < -0.3 is 0 Å². The molecule has 2 heteroatoms. The lowest BCUT2D eigenvalue weighted by molar-refractivity contribution is 0.194. The van der Waals surface area contributed by atoms with Crippen LogP contribution in [0.5, 0.6) is 0 Å². The third kappa shape index (κ3) is 4.48. The molecule has 0 radical (unpaired) electrons. The van der Waals surface area contributed by atoms with Gasteiger partial charge in [-0.05, 0) is 72.1 Å². The van der Waals surface area contributed by atoms with E-state index in [0.29, 0.717) is 0 Å². The highest BCUT2D eigenvalue weighted by molar-refractivity contribution is 5.86. The zero-order chi connectivity index (χ0) is 16.8. The molecule has 0 amide bonds. The lowest BCUT2D eigenvalue weighted by Crippen LogP contribution is -2.06. The van der Waals surface area contributed by atoms with Gasteiger partial charge in [0.1, 0.15) is 0 Å². The minimum atomic E-state index is 0.984. The molecule has 1 aliphatic rings. The SMILES string of the molecule is C=C(CCCCCCC(NO)=C1CC1)c1ccc2ccccc2c1. The number of hydrogen-bond donors (Lipinski definition) is 2. The van der Waals surface area contributed by atoms with E-state index in [-0.39, 0.29) is 0 Å². The Morgan fingerprint density at radius 2 is 1.62 bits per heavy atom. The summed E-state index contributed by atoms with van der Waals surface area (Å²) in [5.41, 5.74) is 7.34. The van der Waals surface area contributed by atoms with Crippen LogP contribution in [-0.2, 0) is 0 Å². The fourth-order valence-corrected chi connectivity index (χ4v) is 3.22. The van der Waals surface area contributed by atoms with Crippen molar-refractivity contribution in [3.05, 3.63) is 65.9 Å². The molecule has 0 aliphatic heterocycles. The number of hydroxylamine groups is 1. The first-order valence-corrected chi connectivity index (χ1v) is 9.06. The predicted molar refractivity (Wildman–Crippen MR) is 102 cm³/mol. The molecule has 0 unspecified atom stereocenters. The third-order valence-corrected chi connectivity index (χ3v) is 4.87. The van der Waals surface area contributed by atoms with Crippen LogP contribution in [0, 0.1) is 0 Å². The molecule has 0 bridgehead atoms. The summed E-state index contributed by atoms with van der Waals surface area (Å²) in [6.07, 6.45) is 9.13. The molecule has 0 saturated heterocycles. The highest BCUT2D eigenvalue weighted by Crippen LogP contribution is 2.32. The molecule has 24 heavy (non-hydrogen) atoms. The zero-order valence-corrected chi connectivity index (χ0v) is 14.4. The molecule has 126 valence electrons. The van der Waals surface area contributed by atoms with Crippen LogP contribution in [0.25, 0.3) is 16.3 Å². The van der Waals surface area contributed by atoms with Gasteiger partial charge in [-0.3, -0.25) is 10.7 Å². The normalized spacial score (nSPS) is 13.1. The number of unbranched alkanes of at least 4 members (excludes halogenated alkanes) is 3. The van der Waals surface area contributed by atoms with Crippen LogP contribution in [0.1, 0.15) is 56.9 Å². The Balaban J connectivity index is 1.39. The largest absolute Gasteiger partial charge is 0.291 e. The summed E-state index contributed by atoms with van der Waals surface area (Å²) < 4.78 is 0. The van der Waals surface area contributed by atoms with E-state index in [9.17, 15) is 0 Å². The van der Waals surface area contributed by atoms with Crippen molar-refractivity contribution in [1.82, 2.24) is 5.48 Å². The smallest absolute Gasteiger partial charge is 0.0368 e. The number of benzene rings is 2. The summed E-state index contributed by atoms with van der Waals surface area (Å²) in [4.78, 5) is 0. The van der Waals surface area contributed by atoms with E-state index in [1.54, 1.807) is 0 Å². The molecule has 1 aliphatic carbocycles. The van der Waals surface area contributed by atoms with Crippen molar-refractivity contribution in [2.45, 2.75) is 51.4 Å². The van der Waals surface area contributed by atoms with Crippen LogP contribution in [0.4, 0.5) is 0 Å². The number of rotatable bonds is 9. The Kier molecular flexibility index (Phi) is 5.71. The summed E-state index contributed by atoms with van der Waals surface area (Å²) in [5, 5.41) is 11.7. The Hall–Kier alpha value is -2.06. The van der Waals surface area contributed by atoms with Gasteiger partial charge in [0, 0.05) is 5.70 Å². The van der Waals surface area contributed by atoms with E-state index in [1.807, 2.05) is 0 Å². The van der Waals surface area contributed by atoms with Gasteiger partial charge in [0.05, 0.1) is 0 Å². The first-order valence-electron chi connectivity index (χ1n) is 9.06. The van der Waals surface area contributed by atoms with Gasteiger partial charge >= 0.3 is 0 Å². The number of allylic oxidation sites excluding steroid dienone is 3. The molecular formula is C22H27NO. The van der Waals surface area contributed by atoms with Crippen molar-refractivity contribution in [3.8, 4) is 0 Å². The highest BCUT2D eigenvalue weighted by Gasteiger charge is 2.16. The van der Waals surface area contributed by atoms with Gasteiger partial charge in [0.25, 0.3) is 0 Å². The second-order valence-electron chi connectivity index (χ2n) is 6.77. The van der Waals surface area contributed by atoms with Gasteiger partial charge in [0.2, 0.25) is 0 Å². The third-order valence-electron chi connectivity index (χ3n) is 4.87. The fraction of sp³-hybridized carbons (Fsp3) is 0.364. The van der Waals surface area contributed by atoms with Crippen molar-refractivity contribution in [3.63, 3.8) is 0 Å². The minimum absolute atomic E-state index is 0.984. The van der Waals surface area contributed by atoms with Crippen molar-refractivity contribution < 1.29 is 5.21 Å². The van der Waals surface area contributed by atoms with Crippen molar-refractivity contribution >= 4 is 16.3 Å². The molecular weight excluding hydrogens is 294 g/mol. The lowest BCUT2D eigenvalue weighted by Gasteiger charge is -2.08. The Morgan fingerprint density at radius 1 is 0.917 bits per heavy atom. The number of nitrogens with one attached hydrogen (secondary N) is 1. The maximum Gasteiger partial charge on any atom is 0.0368 e. The van der Waals surface area contributed by atoms with Crippen molar-refractivity contribution in [2.75, 3.05) is 0 Å². The standard InChI is InChI=1S/C22H27NO/c1-17(20-15-12-18-9-6-7-10-21(18)16-20)8-4-2-3-5-11-22(23-24)19-13-14-19/h6-7,9-10,12,15-16,23-24H,1-5,8,11,13-14H2. The van der Waals surface area contributed by atoms with Crippen molar-refractivity contribution in [2.24, 2.45) is 0 Å². The van der Waals surface area contributed by atoms with E-state index in [2.05, 4.69) is 54.5 Å². The van der Waals surface area contributed by atoms with Crippen LogP contribution in [-0.4, -0.2) is 5.21 Å². The molecule has 2 aromatic carbocycles. The first kappa shape index (κ1) is 16.8. The van der Waals surface area contributed by atoms with Gasteiger partial charge in [-0.1, -0.05) is 55.8 Å². The average molecular weight is 321 g/mol. The maximum atomic E-state index is 9.09. The molecule has 3 rings (SSSR count). The Bertz CT molecular complexity index is 738. The number of hydrogen-bond acceptors (Lipinski definition) is 2. The van der Waals surface area contributed by atoms with E-state index in [4.69, 9.17) is 5.21 Å². The molecule has 0 atom stereocenters. The monoisotopic (exact) mass is 321 g/mol. The molecule has 0 heterocycles. The molecule has 0 aromatic heterocycles. The number of fused-ring (bicyclic) bond motifs is 1. The molecule has 2 N–H and O–H groups in total. The van der Waals surface area contributed by atoms with Crippen LogP contribution in [0.2, 0.25) is 0 Å². The van der Waals surface area contributed by atoms with E-state index < -0.39 is 0 Å². The summed E-state index contributed by atoms with van der Waals surface area (Å²) in [6, 6.07) is 15.1. The summed E-state index contributed by atoms with van der Waals surface area (Å²) >= 11 is 0. The van der Waals surface area contributed by atoms with E-state index in [0.717, 1.165) is 37.8 Å². The quantitative estimate of drug-likeness (QED) is 0.424. The van der Waals surface area contributed by atoms with Crippen LogP contribution >= 0.6 is 0 Å².